The molecule has 0 spiro atoms. The van der Waals surface area contributed by atoms with Gasteiger partial charge < -0.3 is 14.5 Å². The Balaban J connectivity index is 2.15. The van der Waals surface area contributed by atoms with E-state index >= 15 is 0 Å². The first-order chi connectivity index (χ1) is 10.1. The van der Waals surface area contributed by atoms with Gasteiger partial charge in [0.2, 0.25) is 0 Å². The van der Waals surface area contributed by atoms with E-state index < -0.39 is 0 Å². The summed E-state index contributed by atoms with van der Waals surface area (Å²) in [5.41, 5.74) is 1.30. The molecule has 0 saturated carbocycles. The van der Waals surface area contributed by atoms with Crippen molar-refractivity contribution >= 4 is 28.2 Å². The number of ether oxygens (including phenoxy) is 1. The summed E-state index contributed by atoms with van der Waals surface area (Å²) in [5.74, 6) is 0.0433. The molecule has 5 nitrogen and oxygen atoms in total. The van der Waals surface area contributed by atoms with Crippen LogP contribution in [0.3, 0.4) is 0 Å². The minimum absolute atomic E-state index is 0.239. The molecular formula is C15H17NO4S. The molecule has 0 radical (unpaired) electrons. The van der Waals surface area contributed by atoms with Crippen LogP contribution in [0.4, 0.5) is 5.00 Å². The third kappa shape index (κ3) is 3.33. The summed E-state index contributed by atoms with van der Waals surface area (Å²) in [6.07, 6.45) is 2.14. The van der Waals surface area contributed by atoms with Gasteiger partial charge in [-0.25, -0.2) is 4.79 Å². The summed E-state index contributed by atoms with van der Waals surface area (Å²) < 4.78 is 10.2. The zero-order valence-corrected chi connectivity index (χ0v) is 13.0. The van der Waals surface area contributed by atoms with E-state index in [1.54, 1.807) is 19.1 Å². The molecule has 0 saturated heterocycles. The Kier molecular flexibility index (Phi) is 4.80. The van der Waals surface area contributed by atoms with Crippen molar-refractivity contribution in [2.45, 2.75) is 27.2 Å². The highest BCUT2D eigenvalue weighted by Crippen LogP contribution is 2.28. The molecule has 1 N–H and O–H groups in total. The van der Waals surface area contributed by atoms with Crippen LogP contribution < -0.4 is 5.32 Å². The third-order valence-corrected chi connectivity index (χ3v) is 4.06. The van der Waals surface area contributed by atoms with Crippen molar-refractivity contribution in [3.8, 4) is 0 Å². The van der Waals surface area contributed by atoms with Crippen molar-refractivity contribution < 1.29 is 18.7 Å². The van der Waals surface area contributed by atoms with Gasteiger partial charge in [-0.15, -0.1) is 11.3 Å². The molecular weight excluding hydrogens is 290 g/mol. The second-order valence-corrected chi connectivity index (χ2v) is 5.46. The fourth-order valence-corrected chi connectivity index (χ4v) is 2.90. The molecule has 0 aliphatic rings. The standard InChI is InChI=1S/C15H17NO4S/c1-4-11-10(6-7-20-11)14(17)16-12-8-9(3)13(21-12)15(18)19-5-2/h6-8H,4-5H2,1-3H3,(H,16,17). The Morgan fingerprint density at radius 1 is 1.38 bits per heavy atom. The second-order valence-electron chi connectivity index (χ2n) is 4.41. The Hall–Kier alpha value is -2.08. The van der Waals surface area contributed by atoms with Gasteiger partial charge in [0.1, 0.15) is 10.6 Å². The molecule has 2 aromatic heterocycles. The maximum absolute atomic E-state index is 12.2. The lowest BCUT2D eigenvalue weighted by molar-refractivity contribution is 0.0531. The number of aryl methyl sites for hydroxylation is 2. The minimum Gasteiger partial charge on any atom is -0.469 e. The van der Waals surface area contributed by atoms with Crippen LogP contribution in [-0.2, 0) is 11.2 Å². The van der Waals surface area contributed by atoms with Crippen molar-refractivity contribution in [1.29, 1.82) is 0 Å². The molecule has 0 bridgehead atoms. The number of hydrogen-bond donors (Lipinski definition) is 1. The Morgan fingerprint density at radius 3 is 2.81 bits per heavy atom. The largest absolute Gasteiger partial charge is 0.469 e. The van der Waals surface area contributed by atoms with Gasteiger partial charge in [-0.2, -0.15) is 0 Å². The summed E-state index contributed by atoms with van der Waals surface area (Å²) in [4.78, 5) is 24.5. The molecule has 1 amide bonds. The number of carbonyl (C=O) groups is 2. The number of rotatable bonds is 5. The van der Waals surface area contributed by atoms with Gasteiger partial charge in [0.05, 0.1) is 23.4 Å². The first kappa shape index (κ1) is 15.3. The quantitative estimate of drug-likeness (QED) is 0.856. The molecule has 21 heavy (non-hydrogen) atoms. The lowest BCUT2D eigenvalue weighted by atomic mass is 10.2. The number of thiophene rings is 1. The van der Waals surface area contributed by atoms with E-state index in [2.05, 4.69) is 5.32 Å². The normalized spacial score (nSPS) is 10.4. The molecule has 0 aliphatic carbocycles. The number of hydrogen-bond acceptors (Lipinski definition) is 5. The predicted octanol–water partition coefficient (Wildman–Crippen LogP) is 3.64. The summed E-state index contributed by atoms with van der Waals surface area (Å²) in [7, 11) is 0. The fourth-order valence-electron chi connectivity index (χ4n) is 1.94. The smallest absolute Gasteiger partial charge is 0.348 e. The Labute approximate surface area is 126 Å². The topological polar surface area (TPSA) is 68.5 Å². The van der Waals surface area contributed by atoms with E-state index in [4.69, 9.17) is 9.15 Å². The summed E-state index contributed by atoms with van der Waals surface area (Å²) in [5, 5.41) is 3.40. The van der Waals surface area contributed by atoms with Gasteiger partial charge in [0.15, 0.2) is 0 Å². The van der Waals surface area contributed by atoms with Crippen molar-refractivity contribution in [2.75, 3.05) is 11.9 Å². The highest BCUT2D eigenvalue weighted by atomic mass is 32.1. The highest BCUT2D eigenvalue weighted by Gasteiger charge is 2.18. The van der Waals surface area contributed by atoms with E-state index in [0.29, 0.717) is 34.2 Å². The SMILES string of the molecule is CCOC(=O)c1sc(NC(=O)c2ccoc2CC)cc1C. The zero-order valence-electron chi connectivity index (χ0n) is 12.2. The minimum atomic E-state index is -0.363. The van der Waals surface area contributed by atoms with E-state index in [1.165, 1.54) is 17.6 Å². The van der Waals surface area contributed by atoms with Crippen LogP contribution in [0.25, 0.3) is 0 Å². The first-order valence-electron chi connectivity index (χ1n) is 6.72. The second kappa shape index (κ2) is 6.58. The van der Waals surface area contributed by atoms with Crippen LogP contribution in [0.15, 0.2) is 22.8 Å². The number of anilines is 1. The lowest BCUT2D eigenvalue weighted by Gasteiger charge is -2.01. The molecule has 0 atom stereocenters. The van der Waals surface area contributed by atoms with Crippen molar-refractivity contribution in [3.05, 3.63) is 40.2 Å². The Bertz CT molecular complexity index is 656. The van der Waals surface area contributed by atoms with Gasteiger partial charge in [-0.05, 0) is 31.5 Å². The molecule has 0 unspecified atom stereocenters. The van der Waals surface area contributed by atoms with Gasteiger partial charge in [-0.1, -0.05) is 6.92 Å². The number of carbonyl (C=O) groups excluding carboxylic acids is 2. The lowest BCUT2D eigenvalue weighted by Crippen LogP contribution is -2.11. The number of amides is 1. The molecule has 0 aliphatic heterocycles. The van der Waals surface area contributed by atoms with Crippen LogP contribution >= 0.6 is 11.3 Å². The maximum atomic E-state index is 12.2. The van der Waals surface area contributed by atoms with E-state index in [0.717, 1.165) is 5.56 Å². The van der Waals surface area contributed by atoms with Crippen molar-refractivity contribution in [1.82, 2.24) is 0 Å². The van der Waals surface area contributed by atoms with Crippen molar-refractivity contribution in [3.63, 3.8) is 0 Å². The number of nitrogens with one attached hydrogen (secondary N) is 1. The third-order valence-electron chi connectivity index (χ3n) is 2.93. The molecule has 112 valence electrons. The molecule has 0 fully saturated rings. The predicted molar refractivity (Wildman–Crippen MR) is 81.1 cm³/mol. The summed E-state index contributed by atoms with van der Waals surface area (Å²) in [6.45, 7) is 5.82. The van der Waals surface area contributed by atoms with Crippen LogP contribution in [0, 0.1) is 6.92 Å². The number of esters is 1. The summed E-state index contributed by atoms with van der Waals surface area (Å²) in [6, 6.07) is 3.40. The van der Waals surface area contributed by atoms with Crippen LogP contribution in [0.1, 0.15) is 45.2 Å². The van der Waals surface area contributed by atoms with E-state index in [1.807, 2.05) is 13.8 Å². The maximum Gasteiger partial charge on any atom is 0.348 e. The van der Waals surface area contributed by atoms with Gasteiger partial charge in [-0.3, -0.25) is 4.79 Å². The van der Waals surface area contributed by atoms with Crippen LogP contribution in [-0.4, -0.2) is 18.5 Å². The summed E-state index contributed by atoms with van der Waals surface area (Å²) >= 11 is 1.21. The van der Waals surface area contributed by atoms with Crippen LogP contribution in [0.2, 0.25) is 0 Å². The molecule has 2 heterocycles. The first-order valence-corrected chi connectivity index (χ1v) is 7.53. The zero-order chi connectivity index (χ0) is 15.4. The average molecular weight is 307 g/mol. The van der Waals surface area contributed by atoms with E-state index in [9.17, 15) is 9.59 Å². The number of furan rings is 1. The van der Waals surface area contributed by atoms with E-state index in [-0.39, 0.29) is 11.9 Å². The fraction of sp³-hybridized carbons (Fsp3) is 0.333. The van der Waals surface area contributed by atoms with Crippen LogP contribution in [0.5, 0.6) is 0 Å². The Morgan fingerprint density at radius 2 is 2.14 bits per heavy atom. The molecule has 0 aromatic carbocycles. The molecule has 6 heteroatoms. The van der Waals surface area contributed by atoms with Gasteiger partial charge >= 0.3 is 5.97 Å². The monoisotopic (exact) mass is 307 g/mol. The molecule has 2 rings (SSSR count). The van der Waals surface area contributed by atoms with Gasteiger partial charge in [0, 0.05) is 6.42 Å². The average Bonchev–Trinajstić information content (AvgIpc) is 3.05. The van der Waals surface area contributed by atoms with Gasteiger partial charge in [0.25, 0.3) is 5.91 Å². The highest BCUT2D eigenvalue weighted by molar-refractivity contribution is 7.18. The van der Waals surface area contributed by atoms with Crippen molar-refractivity contribution in [2.24, 2.45) is 0 Å². The molecule has 2 aromatic rings.